The van der Waals surface area contributed by atoms with Crippen molar-refractivity contribution in [3.63, 3.8) is 0 Å². The molecule has 1 amide bonds. The minimum absolute atomic E-state index is 0.130. The van der Waals surface area contributed by atoms with E-state index in [0.29, 0.717) is 27.4 Å². The van der Waals surface area contributed by atoms with Gasteiger partial charge in [0.1, 0.15) is 22.9 Å². The van der Waals surface area contributed by atoms with Gasteiger partial charge in [-0.15, -0.1) is 22.7 Å². The number of aromatic nitrogens is 3. The SMILES string of the molecule is Cc1cc(NC(=O)Cn2cnc3scc(-c4cccs4)c3c2=O)ccc1Oc1cccnc1. The molecular weight excluding hydrogens is 456 g/mol. The maximum absolute atomic E-state index is 13.1. The Morgan fingerprint density at radius 2 is 2.09 bits per heavy atom. The minimum Gasteiger partial charge on any atom is -0.455 e. The third kappa shape index (κ3) is 4.41. The number of thiophene rings is 2. The van der Waals surface area contributed by atoms with Crippen LogP contribution in [0.3, 0.4) is 0 Å². The van der Waals surface area contributed by atoms with Crippen LogP contribution in [0, 0.1) is 6.92 Å². The Balaban J connectivity index is 1.33. The van der Waals surface area contributed by atoms with Crippen LogP contribution in [0.4, 0.5) is 5.69 Å². The number of nitrogens with zero attached hydrogens (tertiary/aromatic N) is 3. The van der Waals surface area contributed by atoms with E-state index in [9.17, 15) is 9.59 Å². The zero-order valence-electron chi connectivity index (χ0n) is 17.5. The Kier molecular flexibility index (Phi) is 5.72. The first-order chi connectivity index (χ1) is 16.1. The highest BCUT2D eigenvalue weighted by molar-refractivity contribution is 7.18. The number of carbonyl (C=O) groups excluding carboxylic acids is 1. The third-order valence-corrected chi connectivity index (χ3v) is 6.77. The summed E-state index contributed by atoms with van der Waals surface area (Å²) in [6.45, 7) is 1.76. The van der Waals surface area contributed by atoms with Gasteiger partial charge >= 0.3 is 0 Å². The maximum Gasteiger partial charge on any atom is 0.263 e. The summed E-state index contributed by atoms with van der Waals surface area (Å²) in [6, 6.07) is 12.9. The Bertz CT molecular complexity index is 1490. The Hall–Kier alpha value is -3.82. The summed E-state index contributed by atoms with van der Waals surface area (Å²) in [5.41, 5.74) is 2.11. The summed E-state index contributed by atoms with van der Waals surface area (Å²) in [4.78, 5) is 35.9. The van der Waals surface area contributed by atoms with Crippen LogP contribution in [0.2, 0.25) is 0 Å². The van der Waals surface area contributed by atoms with Crippen molar-refractivity contribution in [2.45, 2.75) is 13.5 Å². The Morgan fingerprint density at radius 3 is 2.85 bits per heavy atom. The summed E-state index contributed by atoms with van der Waals surface area (Å²) >= 11 is 2.99. The average Bonchev–Trinajstić information content (AvgIpc) is 3.48. The van der Waals surface area contributed by atoms with E-state index in [2.05, 4.69) is 15.3 Å². The molecule has 4 aromatic heterocycles. The molecule has 1 N–H and O–H groups in total. The molecule has 0 bridgehead atoms. The molecule has 4 heterocycles. The number of hydrogen-bond acceptors (Lipinski definition) is 7. The van der Waals surface area contributed by atoms with E-state index in [4.69, 9.17) is 4.74 Å². The van der Waals surface area contributed by atoms with Gasteiger partial charge in [-0.05, 0) is 54.3 Å². The average molecular weight is 475 g/mol. The number of nitrogens with one attached hydrogen (secondary N) is 1. The number of pyridine rings is 1. The molecule has 0 atom stereocenters. The molecule has 7 nitrogen and oxygen atoms in total. The zero-order valence-corrected chi connectivity index (χ0v) is 19.2. The van der Waals surface area contributed by atoms with Crippen LogP contribution in [0.1, 0.15) is 5.56 Å². The van der Waals surface area contributed by atoms with Crippen molar-refractivity contribution in [1.82, 2.24) is 14.5 Å². The molecule has 0 aliphatic rings. The molecule has 5 rings (SSSR count). The molecule has 0 aliphatic heterocycles. The first-order valence-corrected chi connectivity index (χ1v) is 11.8. The van der Waals surface area contributed by atoms with Crippen LogP contribution in [0.25, 0.3) is 20.7 Å². The molecule has 0 saturated heterocycles. The topological polar surface area (TPSA) is 86.1 Å². The van der Waals surface area contributed by atoms with Gasteiger partial charge in [-0.3, -0.25) is 19.1 Å². The fourth-order valence-corrected chi connectivity index (χ4v) is 5.15. The lowest BCUT2D eigenvalue weighted by atomic mass is 10.2. The van der Waals surface area contributed by atoms with E-state index in [1.54, 1.807) is 41.9 Å². The number of carbonyl (C=O) groups is 1. The first kappa shape index (κ1) is 21.0. The van der Waals surface area contributed by atoms with Crippen molar-refractivity contribution < 1.29 is 9.53 Å². The van der Waals surface area contributed by atoms with E-state index < -0.39 is 0 Å². The monoisotopic (exact) mass is 474 g/mol. The molecule has 164 valence electrons. The number of benzene rings is 1. The van der Waals surface area contributed by atoms with Gasteiger partial charge in [0.2, 0.25) is 5.91 Å². The Labute approximate surface area is 197 Å². The standard InChI is InChI=1S/C24H18N4O3S2/c1-15-10-16(6-7-19(15)31-17-4-2-8-25-11-17)27-21(29)12-28-14-26-23-22(24(28)30)18(13-33-23)20-5-3-9-32-20/h2-11,13-14H,12H2,1H3,(H,27,29). The lowest BCUT2D eigenvalue weighted by Gasteiger charge is -2.11. The van der Waals surface area contributed by atoms with E-state index in [1.807, 2.05) is 41.9 Å². The van der Waals surface area contributed by atoms with Gasteiger partial charge in [-0.2, -0.15) is 0 Å². The second kappa shape index (κ2) is 8.97. The largest absolute Gasteiger partial charge is 0.455 e. The van der Waals surface area contributed by atoms with E-state index >= 15 is 0 Å². The number of amides is 1. The maximum atomic E-state index is 13.1. The summed E-state index contributed by atoms with van der Waals surface area (Å²) < 4.78 is 7.17. The van der Waals surface area contributed by atoms with Crippen LogP contribution in [0.15, 0.2) is 76.7 Å². The summed E-state index contributed by atoms with van der Waals surface area (Å²) in [6.07, 6.45) is 4.74. The molecular formula is C24H18N4O3S2. The minimum atomic E-state index is -0.313. The van der Waals surface area contributed by atoms with Crippen molar-refractivity contribution in [1.29, 1.82) is 0 Å². The first-order valence-electron chi connectivity index (χ1n) is 10.1. The summed E-state index contributed by atoms with van der Waals surface area (Å²) in [5, 5.41) is 7.30. The number of ether oxygens (including phenoxy) is 1. The second-order valence-electron chi connectivity index (χ2n) is 7.30. The van der Waals surface area contributed by atoms with Crippen molar-refractivity contribution >= 4 is 44.5 Å². The van der Waals surface area contributed by atoms with Crippen LogP contribution < -0.4 is 15.6 Å². The molecule has 33 heavy (non-hydrogen) atoms. The molecule has 0 saturated carbocycles. The number of aryl methyl sites for hydroxylation is 1. The van der Waals surface area contributed by atoms with Gasteiger partial charge in [0.15, 0.2) is 0 Å². The highest BCUT2D eigenvalue weighted by Gasteiger charge is 2.15. The lowest BCUT2D eigenvalue weighted by molar-refractivity contribution is -0.116. The fourth-order valence-electron chi connectivity index (χ4n) is 3.42. The Morgan fingerprint density at radius 1 is 1.18 bits per heavy atom. The van der Waals surface area contributed by atoms with Gasteiger partial charge in [0, 0.05) is 27.7 Å². The second-order valence-corrected chi connectivity index (χ2v) is 9.11. The predicted molar refractivity (Wildman–Crippen MR) is 131 cm³/mol. The van der Waals surface area contributed by atoms with Crippen molar-refractivity contribution in [3.8, 4) is 21.9 Å². The van der Waals surface area contributed by atoms with Crippen LogP contribution in [0.5, 0.6) is 11.5 Å². The van der Waals surface area contributed by atoms with Crippen LogP contribution in [-0.4, -0.2) is 20.4 Å². The van der Waals surface area contributed by atoms with Gasteiger partial charge in [-0.25, -0.2) is 4.98 Å². The van der Waals surface area contributed by atoms with Gasteiger partial charge in [0.05, 0.1) is 17.9 Å². The molecule has 0 fully saturated rings. The molecule has 0 radical (unpaired) electrons. The highest BCUT2D eigenvalue weighted by atomic mass is 32.1. The van der Waals surface area contributed by atoms with Crippen LogP contribution >= 0.6 is 22.7 Å². The molecule has 0 unspecified atom stereocenters. The zero-order chi connectivity index (χ0) is 22.8. The number of rotatable bonds is 6. The van der Waals surface area contributed by atoms with Gasteiger partial charge < -0.3 is 10.1 Å². The number of anilines is 1. The quantitative estimate of drug-likeness (QED) is 0.360. The summed E-state index contributed by atoms with van der Waals surface area (Å²) in [7, 11) is 0. The lowest BCUT2D eigenvalue weighted by Crippen LogP contribution is -2.27. The molecule has 9 heteroatoms. The number of fused-ring (bicyclic) bond motifs is 1. The van der Waals surface area contributed by atoms with Crippen LogP contribution in [-0.2, 0) is 11.3 Å². The van der Waals surface area contributed by atoms with E-state index in [0.717, 1.165) is 16.0 Å². The van der Waals surface area contributed by atoms with Crippen molar-refractivity contribution in [2.75, 3.05) is 5.32 Å². The van der Waals surface area contributed by atoms with Crippen molar-refractivity contribution in [3.05, 3.63) is 87.9 Å². The van der Waals surface area contributed by atoms with Gasteiger partial charge in [-0.1, -0.05) is 6.07 Å². The predicted octanol–water partition coefficient (Wildman–Crippen LogP) is 5.32. The number of hydrogen-bond donors (Lipinski definition) is 1. The van der Waals surface area contributed by atoms with E-state index in [1.165, 1.54) is 22.2 Å². The van der Waals surface area contributed by atoms with E-state index in [-0.39, 0.29) is 18.0 Å². The molecule has 5 aromatic rings. The fraction of sp³-hybridized carbons (Fsp3) is 0.0833. The molecule has 1 aromatic carbocycles. The van der Waals surface area contributed by atoms with Gasteiger partial charge in [0.25, 0.3) is 5.56 Å². The third-order valence-electron chi connectivity index (χ3n) is 4.98. The van der Waals surface area contributed by atoms with Crippen molar-refractivity contribution in [2.24, 2.45) is 0 Å². The normalized spacial score (nSPS) is 10.9. The molecule has 0 aliphatic carbocycles. The highest BCUT2D eigenvalue weighted by Crippen LogP contribution is 2.33. The smallest absolute Gasteiger partial charge is 0.263 e. The molecule has 0 spiro atoms. The summed E-state index contributed by atoms with van der Waals surface area (Å²) in [5.74, 6) is 0.993.